The van der Waals surface area contributed by atoms with E-state index in [1.165, 1.54) is 35.6 Å². The van der Waals surface area contributed by atoms with Gasteiger partial charge >= 0.3 is 0 Å². The summed E-state index contributed by atoms with van der Waals surface area (Å²) >= 11 is 0. The summed E-state index contributed by atoms with van der Waals surface area (Å²) in [5.74, 6) is 0.693. The Morgan fingerprint density at radius 1 is 1.30 bits per heavy atom. The standard InChI is InChI=1S/C18H24N2/c1-18(2)10-5-8-16(18)17(19-3)14-7-4-6-13-9-11-20-12-15(13)14/h4,6-7,9,11-12,16-17,19H,5,8,10H2,1-3H3. The van der Waals surface area contributed by atoms with Crippen LogP contribution in [0.5, 0.6) is 0 Å². The van der Waals surface area contributed by atoms with E-state index in [4.69, 9.17) is 0 Å². The lowest BCUT2D eigenvalue weighted by atomic mass is 9.75. The van der Waals surface area contributed by atoms with Gasteiger partial charge in [-0.3, -0.25) is 4.98 Å². The number of hydrogen-bond acceptors (Lipinski definition) is 2. The highest BCUT2D eigenvalue weighted by atomic mass is 14.9. The van der Waals surface area contributed by atoms with Crippen LogP contribution in [0.3, 0.4) is 0 Å². The smallest absolute Gasteiger partial charge is 0.0358 e. The van der Waals surface area contributed by atoms with Crippen molar-refractivity contribution >= 4 is 10.8 Å². The largest absolute Gasteiger partial charge is 0.313 e. The molecule has 2 unspecified atom stereocenters. The molecule has 1 aromatic heterocycles. The molecule has 106 valence electrons. The molecule has 20 heavy (non-hydrogen) atoms. The summed E-state index contributed by atoms with van der Waals surface area (Å²) in [4.78, 5) is 4.33. The lowest BCUT2D eigenvalue weighted by Crippen LogP contribution is -2.32. The van der Waals surface area contributed by atoms with Crippen molar-refractivity contribution < 1.29 is 0 Å². The lowest BCUT2D eigenvalue weighted by Gasteiger charge is -2.35. The molecule has 1 N–H and O–H groups in total. The van der Waals surface area contributed by atoms with Gasteiger partial charge in [0.15, 0.2) is 0 Å². The van der Waals surface area contributed by atoms with Gasteiger partial charge in [-0.2, -0.15) is 0 Å². The second kappa shape index (κ2) is 5.17. The average molecular weight is 268 g/mol. The SMILES string of the molecule is CNC(c1cccc2ccncc12)C1CCCC1(C)C. The molecule has 0 spiro atoms. The van der Waals surface area contributed by atoms with E-state index >= 15 is 0 Å². The van der Waals surface area contributed by atoms with Gasteiger partial charge < -0.3 is 5.32 Å². The van der Waals surface area contributed by atoms with E-state index in [1.54, 1.807) is 0 Å². The molecule has 2 aromatic rings. The van der Waals surface area contributed by atoms with Gasteiger partial charge in [0.05, 0.1) is 0 Å². The van der Waals surface area contributed by atoms with Crippen LogP contribution in [0.25, 0.3) is 10.8 Å². The number of fused-ring (bicyclic) bond motifs is 1. The van der Waals surface area contributed by atoms with Crippen molar-refractivity contribution in [3.8, 4) is 0 Å². The first-order valence-electron chi connectivity index (χ1n) is 7.63. The number of rotatable bonds is 3. The first kappa shape index (κ1) is 13.6. The number of nitrogens with one attached hydrogen (secondary N) is 1. The summed E-state index contributed by atoms with van der Waals surface area (Å²) in [5.41, 5.74) is 1.82. The van der Waals surface area contributed by atoms with Crippen LogP contribution in [0.1, 0.15) is 44.7 Å². The first-order chi connectivity index (χ1) is 9.63. The van der Waals surface area contributed by atoms with Crippen LogP contribution >= 0.6 is 0 Å². The molecule has 0 saturated heterocycles. The van der Waals surface area contributed by atoms with Gasteiger partial charge in [0, 0.05) is 23.8 Å². The number of pyridine rings is 1. The van der Waals surface area contributed by atoms with Crippen LogP contribution in [-0.4, -0.2) is 12.0 Å². The van der Waals surface area contributed by atoms with E-state index < -0.39 is 0 Å². The Balaban J connectivity index is 2.08. The van der Waals surface area contributed by atoms with Crippen molar-refractivity contribution in [2.75, 3.05) is 7.05 Å². The zero-order chi connectivity index (χ0) is 14.2. The van der Waals surface area contributed by atoms with Gasteiger partial charge in [0.2, 0.25) is 0 Å². The predicted octanol–water partition coefficient (Wildman–Crippen LogP) is 4.32. The molecule has 0 amide bonds. The molecule has 2 heteroatoms. The second-order valence-electron chi connectivity index (χ2n) is 6.70. The molecule has 0 bridgehead atoms. The van der Waals surface area contributed by atoms with Crippen LogP contribution in [0, 0.1) is 11.3 Å². The fourth-order valence-corrected chi connectivity index (χ4v) is 3.95. The van der Waals surface area contributed by atoms with Gasteiger partial charge in [-0.25, -0.2) is 0 Å². The molecular formula is C18H24N2. The molecule has 1 heterocycles. The normalized spacial score (nSPS) is 23.1. The molecule has 1 aliphatic carbocycles. The Hall–Kier alpha value is -1.41. The number of benzene rings is 1. The van der Waals surface area contributed by atoms with Gasteiger partial charge in [-0.05, 0) is 48.2 Å². The molecule has 0 radical (unpaired) electrons. The maximum Gasteiger partial charge on any atom is 0.0358 e. The molecule has 2 atom stereocenters. The first-order valence-corrected chi connectivity index (χ1v) is 7.63. The second-order valence-corrected chi connectivity index (χ2v) is 6.70. The number of hydrogen-bond donors (Lipinski definition) is 1. The number of nitrogens with zero attached hydrogens (tertiary/aromatic N) is 1. The molecule has 1 fully saturated rings. The lowest BCUT2D eigenvalue weighted by molar-refractivity contribution is 0.204. The monoisotopic (exact) mass is 268 g/mol. The summed E-state index contributed by atoms with van der Waals surface area (Å²) in [5, 5.41) is 6.15. The third kappa shape index (κ3) is 2.22. The van der Waals surface area contributed by atoms with Crippen LogP contribution < -0.4 is 5.32 Å². The minimum atomic E-state index is 0.415. The molecule has 1 saturated carbocycles. The van der Waals surface area contributed by atoms with Crippen molar-refractivity contribution in [2.45, 2.75) is 39.2 Å². The van der Waals surface area contributed by atoms with Crippen molar-refractivity contribution in [3.05, 3.63) is 42.2 Å². The number of aromatic nitrogens is 1. The fraction of sp³-hybridized carbons (Fsp3) is 0.500. The summed E-state index contributed by atoms with van der Waals surface area (Å²) in [7, 11) is 2.09. The predicted molar refractivity (Wildman–Crippen MR) is 84.7 cm³/mol. The van der Waals surface area contributed by atoms with Gasteiger partial charge in [0.25, 0.3) is 0 Å². The van der Waals surface area contributed by atoms with Crippen LogP contribution in [0.2, 0.25) is 0 Å². The van der Waals surface area contributed by atoms with Crippen LogP contribution in [-0.2, 0) is 0 Å². The third-order valence-electron chi connectivity index (χ3n) is 5.11. The Morgan fingerprint density at radius 2 is 2.15 bits per heavy atom. The third-order valence-corrected chi connectivity index (χ3v) is 5.11. The van der Waals surface area contributed by atoms with Crippen LogP contribution in [0.15, 0.2) is 36.7 Å². The molecule has 3 rings (SSSR count). The maximum atomic E-state index is 4.33. The highest BCUT2D eigenvalue weighted by Crippen LogP contribution is 2.49. The van der Waals surface area contributed by atoms with E-state index in [0.717, 1.165) is 0 Å². The zero-order valence-electron chi connectivity index (χ0n) is 12.7. The Morgan fingerprint density at radius 3 is 2.85 bits per heavy atom. The van der Waals surface area contributed by atoms with E-state index in [0.29, 0.717) is 17.4 Å². The van der Waals surface area contributed by atoms with Gasteiger partial charge in [-0.1, -0.05) is 38.5 Å². The Bertz CT molecular complexity index is 598. The molecule has 1 aliphatic rings. The zero-order valence-corrected chi connectivity index (χ0v) is 12.7. The quantitative estimate of drug-likeness (QED) is 0.896. The van der Waals surface area contributed by atoms with Crippen molar-refractivity contribution in [1.82, 2.24) is 10.3 Å². The average Bonchev–Trinajstić information content (AvgIpc) is 2.80. The topological polar surface area (TPSA) is 24.9 Å². The minimum absolute atomic E-state index is 0.415. The summed E-state index contributed by atoms with van der Waals surface area (Å²) in [6, 6.07) is 9.13. The van der Waals surface area contributed by atoms with Crippen LogP contribution in [0.4, 0.5) is 0 Å². The molecule has 2 nitrogen and oxygen atoms in total. The Kier molecular flexibility index (Phi) is 3.51. The van der Waals surface area contributed by atoms with Crippen molar-refractivity contribution in [3.63, 3.8) is 0 Å². The van der Waals surface area contributed by atoms with Crippen molar-refractivity contribution in [2.24, 2.45) is 11.3 Å². The van der Waals surface area contributed by atoms with Crippen molar-refractivity contribution in [1.29, 1.82) is 0 Å². The molecule has 1 aromatic carbocycles. The van der Waals surface area contributed by atoms with Gasteiger partial charge in [-0.15, -0.1) is 0 Å². The summed E-state index contributed by atoms with van der Waals surface area (Å²) in [6.45, 7) is 4.83. The van der Waals surface area contributed by atoms with Gasteiger partial charge in [0.1, 0.15) is 0 Å². The maximum absolute atomic E-state index is 4.33. The summed E-state index contributed by atoms with van der Waals surface area (Å²) < 4.78 is 0. The minimum Gasteiger partial charge on any atom is -0.313 e. The van der Waals surface area contributed by atoms with E-state index in [9.17, 15) is 0 Å². The van der Waals surface area contributed by atoms with E-state index in [2.05, 4.69) is 55.5 Å². The Labute approximate surface area is 121 Å². The molecular weight excluding hydrogens is 244 g/mol. The highest BCUT2D eigenvalue weighted by molar-refractivity contribution is 5.85. The molecule has 0 aliphatic heterocycles. The van der Waals surface area contributed by atoms with E-state index in [-0.39, 0.29) is 0 Å². The fourth-order valence-electron chi connectivity index (χ4n) is 3.95. The highest BCUT2D eigenvalue weighted by Gasteiger charge is 2.39. The summed E-state index contributed by atoms with van der Waals surface area (Å²) in [6.07, 6.45) is 7.88. The van der Waals surface area contributed by atoms with E-state index in [1.807, 2.05) is 12.4 Å².